The number of aryl methyl sites for hydroxylation is 1. The summed E-state index contributed by atoms with van der Waals surface area (Å²) >= 11 is 0. The molecule has 1 saturated heterocycles. The summed E-state index contributed by atoms with van der Waals surface area (Å²) in [5.41, 5.74) is 11.8. The summed E-state index contributed by atoms with van der Waals surface area (Å²) in [5, 5.41) is 5.57. The highest BCUT2D eigenvalue weighted by atomic mass is 16.5. The largest absolute Gasteiger partial charge is 0.383 e. The fourth-order valence-electron chi connectivity index (χ4n) is 5.26. The van der Waals surface area contributed by atoms with Crippen molar-refractivity contribution in [2.45, 2.75) is 40.3 Å². The van der Waals surface area contributed by atoms with Crippen molar-refractivity contribution >= 4 is 22.4 Å². The zero-order chi connectivity index (χ0) is 27.5. The van der Waals surface area contributed by atoms with Crippen LogP contribution in [-0.2, 0) is 11.3 Å². The number of ether oxygens (including phenoxy) is 1. The Balaban J connectivity index is 0.00000151. The lowest BCUT2D eigenvalue weighted by atomic mass is 10.0. The molecule has 0 saturated carbocycles. The lowest BCUT2D eigenvalue weighted by Crippen LogP contribution is -2.39. The first kappa shape index (κ1) is 26.6. The Morgan fingerprint density at radius 3 is 2.67 bits per heavy atom. The Morgan fingerprint density at radius 2 is 1.87 bits per heavy atom. The molecule has 1 atom stereocenters. The van der Waals surface area contributed by atoms with Crippen molar-refractivity contribution in [3.05, 3.63) is 76.7 Å². The topological polar surface area (TPSA) is 108 Å². The van der Waals surface area contributed by atoms with Gasteiger partial charge >= 0.3 is 0 Å². The molecule has 0 aliphatic carbocycles. The monoisotopic (exact) mass is 528 g/mol. The number of aromatic nitrogens is 6. The van der Waals surface area contributed by atoms with Gasteiger partial charge in [0.2, 0.25) is 0 Å². The van der Waals surface area contributed by atoms with Gasteiger partial charge in [-0.3, -0.25) is 9.69 Å². The molecule has 6 heterocycles. The number of morpholine rings is 1. The van der Waals surface area contributed by atoms with Gasteiger partial charge in [-0.1, -0.05) is 19.9 Å². The molecule has 2 N–H and O–H groups in total. The number of fused-ring (bicyclic) bond motifs is 2. The molecule has 204 valence electrons. The maximum atomic E-state index is 12.8. The van der Waals surface area contributed by atoms with Crippen LogP contribution in [0.15, 0.2) is 59.9 Å². The molecule has 0 amide bonds. The lowest BCUT2D eigenvalue weighted by Gasteiger charge is -2.26. The number of nitrogens with two attached hydrogens (primary N) is 1. The third kappa shape index (κ3) is 5.05. The van der Waals surface area contributed by atoms with Crippen molar-refractivity contribution in [3.8, 4) is 11.3 Å². The fraction of sp³-hybridized carbons (Fsp3) is 0.379. The number of anilines is 1. The van der Waals surface area contributed by atoms with Gasteiger partial charge < -0.3 is 19.4 Å². The number of nitrogens with zero attached hydrogens (tertiary/aromatic N) is 7. The van der Waals surface area contributed by atoms with Crippen molar-refractivity contribution < 1.29 is 4.74 Å². The van der Waals surface area contributed by atoms with Crippen LogP contribution in [-0.4, -0.2) is 66.5 Å². The maximum absolute atomic E-state index is 12.8. The Labute approximate surface area is 227 Å². The summed E-state index contributed by atoms with van der Waals surface area (Å²) in [6.45, 7) is 12.7. The minimum absolute atomic E-state index is 0.00617. The average molecular weight is 529 g/mol. The number of rotatable bonds is 6. The number of nitrogen functional groups attached to an aromatic ring is 1. The summed E-state index contributed by atoms with van der Waals surface area (Å²) in [5.74, 6) is 0.426. The van der Waals surface area contributed by atoms with E-state index in [0.717, 1.165) is 66.3 Å². The third-order valence-corrected chi connectivity index (χ3v) is 7.24. The quantitative estimate of drug-likeness (QED) is 0.357. The van der Waals surface area contributed by atoms with Crippen LogP contribution >= 0.6 is 0 Å². The van der Waals surface area contributed by atoms with E-state index < -0.39 is 0 Å². The first-order valence-corrected chi connectivity index (χ1v) is 13.6. The summed E-state index contributed by atoms with van der Waals surface area (Å²) in [7, 11) is 0. The highest BCUT2D eigenvalue weighted by Gasteiger charge is 2.23. The number of pyridine rings is 2. The molecule has 0 bridgehead atoms. The van der Waals surface area contributed by atoms with Gasteiger partial charge in [0.25, 0.3) is 5.56 Å². The third-order valence-electron chi connectivity index (χ3n) is 7.24. The molecule has 1 unspecified atom stereocenters. The molecule has 5 aromatic rings. The van der Waals surface area contributed by atoms with Gasteiger partial charge in [-0.15, -0.1) is 0 Å². The van der Waals surface area contributed by atoms with E-state index in [1.165, 1.54) is 6.33 Å². The first-order valence-electron chi connectivity index (χ1n) is 13.6. The normalized spacial score (nSPS) is 14.9. The summed E-state index contributed by atoms with van der Waals surface area (Å²) in [4.78, 5) is 23.8. The molecule has 0 aromatic carbocycles. The van der Waals surface area contributed by atoms with Crippen LogP contribution in [0.2, 0.25) is 0 Å². The number of hydrogen-bond acceptors (Lipinski definition) is 7. The zero-order valence-electron chi connectivity index (χ0n) is 23.0. The van der Waals surface area contributed by atoms with E-state index in [4.69, 9.17) is 15.6 Å². The molecule has 10 nitrogen and oxygen atoms in total. The predicted octanol–water partition coefficient (Wildman–Crippen LogP) is 3.77. The van der Waals surface area contributed by atoms with Crippen molar-refractivity contribution in [1.29, 1.82) is 0 Å². The van der Waals surface area contributed by atoms with Crippen molar-refractivity contribution in [3.63, 3.8) is 0 Å². The van der Waals surface area contributed by atoms with E-state index in [-0.39, 0.29) is 11.6 Å². The minimum atomic E-state index is -0.144. The smallest absolute Gasteiger partial charge is 0.250 e. The molecule has 0 radical (unpaired) electrons. The molecule has 1 aliphatic heterocycles. The van der Waals surface area contributed by atoms with Gasteiger partial charge in [-0.05, 0) is 38.1 Å². The van der Waals surface area contributed by atoms with E-state index in [1.54, 1.807) is 6.07 Å². The summed E-state index contributed by atoms with van der Waals surface area (Å²) in [6, 6.07) is 11.7. The zero-order valence-corrected chi connectivity index (χ0v) is 23.0. The molecule has 1 fully saturated rings. The number of hydrogen-bond donors (Lipinski definition) is 1. The summed E-state index contributed by atoms with van der Waals surface area (Å²) in [6.07, 6.45) is 5.50. The molecule has 5 aromatic heterocycles. The fourth-order valence-corrected chi connectivity index (χ4v) is 5.26. The Kier molecular flexibility index (Phi) is 7.76. The van der Waals surface area contributed by atoms with Gasteiger partial charge in [-0.25, -0.2) is 14.6 Å². The molecule has 39 heavy (non-hydrogen) atoms. The SMILES string of the molecule is CC.Cc1nn(C(C)c2cc3ccccn3c2-c2ccc(=O)n(CCN3CCOCC3)c2)c2ncnc(N)c12. The van der Waals surface area contributed by atoms with E-state index in [1.807, 2.05) is 54.4 Å². The van der Waals surface area contributed by atoms with Crippen LogP contribution in [0.3, 0.4) is 0 Å². The van der Waals surface area contributed by atoms with E-state index in [2.05, 4.69) is 44.5 Å². The van der Waals surface area contributed by atoms with Crippen LogP contribution in [0.1, 0.15) is 38.1 Å². The van der Waals surface area contributed by atoms with Crippen LogP contribution < -0.4 is 11.3 Å². The van der Waals surface area contributed by atoms with Crippen molar-refractivity contribution in [2.24, 2.45) is 0 Å². The predicted molar refractivity (Wildman–Crippen MR) is 154 cm³/mol. The van der Waals surface area contributed by atoms with Crippen LogP contribution in [0.4, 0.5) is 5.82 Å². The Bertz CT molecular complexity index is 1640. The van der Waals surface area contributed by atoms with Crippen molar-refractivity contribution in [2.75, 3.05) is 38.6 Å². The molecule has 10 heteroatoms. The second kappa shape index (κ2) is 11.4. The van der Waals surface area contributed by atoms with Gasteiger partial charge in [0, 0.05) is 61.3 Å². The van der Waals surface area contributed by atoms with Gasteiger partial charge in [0.05, 0.1) is 36.0 Å². The van der Waals surface area contributed by atoms with Gasteiger partial charge in [-0.2, -0.15) is 5.10 Å². The first-order chi connectivity index (χ1) is 19.0. The Hall–Kier alpha value is -4.02. The summed E-state index contributed by atoms with van der Waals surface area (Å²) < 4.78 is 11.3. The van der Waals surface area contributed by atoms with E-state index in [0.29, 0.717) is 18.0 Å². The van der Waals surface area contributed by atoms with E-state index in [9.17, 15) is 4.79 Å². The second-order valence-corrected chi connectivity index (χ2v) is 9.51. The van der Waals surface area contributed by atoms with Crippen molar-refractivity contribution in [1.82, 2.24) is 33.6 Å². The lowest BCUT2D eigenvalue weighted by molar-refractivity contribution is 0.0363. The Morgan fingerprint density at radius 1 is 1.08 bits per heavy atom. The minimum Gasteiger partial charge on any atom is -0.383 e. The highest BCUT2D eigenvalue weighted by Crippen LogP contribution is 2.35. The van der Waals surface area contributed by atoms with Gasteiger partial charge in [0.15, 0.2) is 5.65 Å². The van der Waals surface area contributed by atoms with Crippen LogP contribution in [0.5, 0.6) is 0 Å². The maximum Gasteiger partial charge on any atom is 0.250 e. The molecular formula is C29H36N8O2. The van der Waals surface area contributed by atoms with Crippen LogP contribution in [0.25, 0.3) is 27.8 Å². The average Bonchev–Trinajstić information content (AvgIpc) is 3.53. The highest BCUT2D eigenvalue weighted by molar-refractivity contribution is 5.88. The van der Waals surface area contributed by atoms with Crippen LogP contribution in [0, 0.1) is 6.92 Å². The van der Waals surface area contributed by atoms with E-state index >= 15 is 0 Å². The standard InChI is InChI=1S/C27H30N8O2.C2H6/c1-18-24-26(28)29-17-30-27(24)35(31-18)19(2)22-15-21-5-3-4-8-34(21)25(22)20-6-7-23(36)33(16-20)10-9-32-11-13-37-14-12-32;1-2/h3-8,15-17,19H,9-14H2,1-2H3,(H2,28,29,30);1-2H3. The molecule has 0 spiro atoms. The van der Waals surface area contributed by atoms with Gasteiger partial charge in [0.1, 0.15) is 12.1 Å². The molecule has 6 rings (SSSR count). The molecule has 1 aliphatic rings. The molecular weight excluding hydrogens is 492 g/mol. The second-order valence-electron chi connectivity index (χ2n) is 9.51.